The van der Waals surface area contributed by atoms with Gasteiger partial charge in [0.25, 0.3) is 0 Å². The second kappa shape index (κ2) is 17.6. The molecule has 1 atom stereocenters. The molecule has 1 aliphatic heterocycles. The van der Waals surface area contributed by atoms with Crippen molar-refractivity contribution in [1.82, 2.24) is 35.7 Å². The summed E-state index contributed by atoms with van der Waals surface area (Å²) in [5.41, 5.74) is 12.1. The van der Waals surface area contributed by atoms with E-state index in [-0.39, 0.29) is 17.9 Å². The van der Waals surface area contributed by atoms with Gasteiger partial charge >= 0.3 is 12.2 Å². The summed E-state index contributed by atoms with van der Waals surface area (Å²) in [6.07, 6.45) is 10.1. The number of ketones is 1. The van der Waals surface area contributed by atoms with Crippen molar-refractivity contribution >= 4 is 77.4 Å². The second-order valence-electron chi connectivity index (χ2n) is 14.6. The molecule has 4 N–H and O–H groups in total. The number of piperidine rings is 1. The molecule has 17 heteroatoms. The number of hydrogen-bond donors (Lipinski definition) is 3. The minimum atomic E-state index is -0.494. The molecule has 0 spiro atoms. The minimum Gasteiger partial charge on any atom is -0.444 e. The molecule has 54 heavy (non-hydrogen) atoms. The zero-order valence-corrected chi connectivity index (χ0v) is 33.7. The number of carbonyl (C=O) groups excluding carboxylic acids is 3. The van der Waals surface area contributed by atoms with Crippen molar-refractivity contribution in [2.45, 2.75) is 97.3 Å². The van der Waals surface area contributed by atoms with Crippen molar-refractivity contribution in [3.05, 3.63) is 52.4 Å². The number of anilines is 1. The summed E-state index contributed by atoms with van der Waals surface area (Å²) < 4.78 is 12.7. The van der Waals surface area contributed by atoms with E-state index in [1.165, 1.54) is 10.4 Å². The molecule has 0 radical (unpaired) electrons. The average Bonchev–Trinajstić information content (AvgIpc) is 3.78. The van der Waals surface area contributed by atoms with E-state index in [9.17, 15) is 14.4 Å². The van der Waals surface area contributed by atoms with Gasteiger partial charge in [-0.15, -0.1) is 34.0 Å². The third-order valence-electron chi connectivity index (χ3n) is 7.85. The largest absolute Gasteiger partial charge is 0.444 e. The van der Waals surface area contributed by atoms with Gasteiger partial charge in [-0.2, -0.15) is 5.26 Å². The molecular weight excluding hydrogens is 747 g/mol. The number of thiophene rings is 1. The first kappa shape index (κ1) is 40.4. The number of nitrogens with one attached hydrogen (secondary N) is 2. The summed E-state index contributed by atoms with van der Waals surface area (Å²) in [6, 6.07) is 6.03. The highest BCUT2D eigenvalue weighted by Crippen LogP contribution is 2.44. The fourth-order valence-electron chi connectivity index (χ4n) is 5.59. The maximum Gasteiger partial charge on any atom is 0.422 e. The smallest absolute Gasteiger partial charge is 0.422 e. The molecule has 1 unspecified atom stereocenters. The fraction of sp³-hybridized carbons (Fsp3) is 0.459. The van der Waals surface area contributed by atoms with Gasteiger partial charge in [-0.3, -0.25) is 20.2 Å². The van der Waals surface area contributed by atoms with Crippen molar-refractivity contribution in [3.63, 3.8) is 0 Å². The number of nitriles is 1. The maximum absolute atomic E-state index is 12.1. The number of nitrogens with zero attached hydrogens (tertiary/aromatic N) is 6. The van der Waals surface area contributed by atoms with Crippen LogP contribution in [0.25, 0.3) is 31.0 Å². The van der Waals surface area contributed by atoms with Crippen LogP contribution in [0, 0.1) is 11.3 Å². The lowest BCUT2D eigenvalue weighted by atomic mass is 9.92. The van der Waals surface area contributed by atoms with Crippen LogP contribution in [0.2, 0.25) is 0 Å². The number of rotatable bonds is 4. The SMILES string of the molecule is CC(C)(C)OC(=O)NC1CCc2c(sc(N)c2-c2nc3cnccc3s2)C1.CC(C)(C)OC(=O)NN1CCC(=O)CC1.N#CCc1nc2cnccc2s1. The number of nitrogen functional groups attached to an aromatic ring is 1. The number of aromatic nitrogens is 4. The van der Waals surface area contributed by atoms with E-state index in [0.717, 1.165) is 60.3 Å². The van der Waals surface area contributed by atoms with Crippen LogP contribution in [-0.2, 0) is 33.5 Å². The molecular formula is C37H45N9O5S3. The van der Waals surface area contributed by atoms with Gasteiger partial charge in [0.2, 0.25) is 0 Å². The van der Waals surface area contributed by atoms with Gasteiger partial charge in [0.1, 0.15) is 32.5 Å². The van der Waals surface area contributed by atoms with E-state index in [0.29, 0.717) is 32.4 Å². The number of ether oxygens (including phenoxy) is 2. The first-order chi connectivity index (χ1) is 25.6. The molecule has 0 bridgehead atoms. The van der Waals surface area contributed by atoms with Gasteiger partial charge < -0.3 is 20.5 Å². The number of Topliss-reactive ketones (excluding diaryl/α,β-unsaturated/α-hetero) is 1. The number of nitrogens with two attached hydrogens (primary N) is 1. The predicted octanol–water partition coefficient (Wildman–Crippen LogP) is 7.23. The Morgan fingerprint density at radius 2 is 1.54 bits per heavy atom. The van der Waals surface area contributed by atoms with Gasteiger partial charge in [-0.1, -0.05) is 0 Å². The zero-order chi connectivity index (χ0) is 39.0. The van der Waals surface area contributed by atoms with E-state index < -0.39 is 17.3 Å². The summed E-state index contributed by atoms with van der Waals surface area (Å²) >= 11 is 4.80. The first-order valence-electron chi connectivity index (χ1n) is 17.5. The summed E-state index contributed by atoms with van der Waals surface area (Å²) in [6.45, 7) is 12.2. The number of amides is 2. The molecule has 1 aliphatic carbocycles. The zero-order valence-electron chi connectivity index (χ0n) is 31.2. The average molecular weight is 792 g/mol. The normalized spacial score (nSPS) is 15.9. The summed E-state index contributed by atoms with van der Waals surface area (Å²) in [5.74, 6) is 0.247. The molecule has 7 rings (SSSR count). The highest BCUT2D eigenvalue weighted by molar-refractivity contribution is 7.22. The van der Waals surface area contributed by atoms with Crippen LogP contribution in [0.15, 0.2) is 36.9 Å². The van der Waals surface area contributed by atoms with Gasteiger partial charge in [-0.25, -0.2) is 24.6 Å². The maximum atomic E-state index is 12.1. The summed E-state index contributed by atoms with van der Waals surface area (Å²) in [7, 11) is 0. The van der Waals surface area contributed by atoms with E-state index in [4.69, 9.17) is 25.5 Å². The summed E-state index contributed by atoms with van der Waals surface area (Å²) in [5, 5.41) is 15.8. The molecule has 0 saturated carbocycles. The van der Waals surface area contributed by atoms with Crippen LogP contribution in [0.1, 0.15) is 76.3 Å². The molecule has 1 saturated heterocycles. The predicted molar refractivity (Wildman–Crippen MR) is 212 cm³/mol. The topological polar surface area (TPSA) is 198 Å². The fourth-order valence-corrected chi connectivity index (χ4v) is 8.74. The summed E-state index contributed by atoms with van der Waals surface area (Å²) in [4.78, 5) is 52.6. The number of hydrogen-bond acceptors (Lipinski definition) is 15. The molecule has 2 aliphatic rings. The van der Waals surface area contributed by atoms with Crippen molar-refractivity contribution < 1.29 is 23.9 Å². The quantitative estimate of drug-likeness (QED) is 0.165. The minimum absolute atomic E-state index is 0.0674. The molecule has 5 aromatic rings. The Kier molecular flexibility index (Phi) is 13.2. The van der Waals surface area contributed by atoms with E-state index in [1.807, 2.05) is 53.7 Å². The lowest BCUT2D eigenvalue weighted by molar-refractivity contribution is -0.122. The van der Waals surface area contributed by atoms with Crippen molar-refractivity contribution in [2.24, 2.45) is 0 Å². The van der Waals surface area contributed by atoms with Crippen molar-refractivity contribution in [3.8, 4) is 16.6 Å². The Labute approximate surface area is 326 Å². The Morgan fingerprint density at radius 1 is 0.926 bits per heavy atom. The van der Waals surface area contributed by atoms with Crippen molar-refractivity contribution in [1.29, 1.82) is 5.26 Å². The van der Waals surface area contributed by atoms with E-state index >= 15 is 0 Å². The third-order valence-corrected chi connectivity index (χ3v) is 11.0. The monoisotopic (exact) mass is 791 g/mol. The molecule has 2 amide bonds. The third kappa shape index (κ3) is 11.6. The number of carbonyl (C=O) groups is 3. The molecule has 5 aromatic heterocycles. The number of thiazole rings is 2. The molecule has 1 fully saturated rings. The van der Waals surface area contributed by atoms with Crippen LogP contribution in [0.3, 0.4) is 0 Å². The molecule has 0 aromatic carbocycles. The molecule has 6 heterocycles. The lowest BCUT2D eigenvalue weighted by Crippen LogP contribution is -2.48. The Morgan fingerprint density at radius 3 is 2.13 bits per heavy atom. The first-order valence-corrected chi connectivity index (χ1v) is 19.9. The molecule has 286 valence electrons. The number of fused-ring (bicyclic) bond motifs is 3. The highest BCUT2D eigenvalue weighted by atomic mass is 32.1. The van der Waals surface area contributed by atoms with Crippen molar-refractivity contribution in [2.75, 3.05) is 18.8 Å². The number of alkyl carbamates (subject to hydrolysis) is 1. The van der Waals surface area contributed by atoms with E-state index in [1.54, 1.807) is 63.8 Å². The van der Waals surface area contributed by atoms with E-state index in [2.05, 4.69) is 31.8 Å². The Hall–Kier alpha value is -4.76. The van der Waals surface area contributed by atoms with Crippen LogP contribution in [0.4, 0.5) is 14.6 Å². The Balaban J connectivity index is 0.000000175. The number of pyridine rings is 2. The van der Waals surface area contributed by atoms with Gasteiger partial charge in [0.05, 0.1) is 44.8 Å². The standard InChI is InChI=1S/C19H22N4O2S2.C10H18N2O3.C8H5N3S/c1-19(2,3)25-18(24)22-10-4-5-11-14(8-10)26-16(20)15(11)17-23-12-9-21-7-6-13(12)27-17;1-10(2,3)15-9(14)11-12-6-4-8(13)5-7-12;9-3-1-8-11-6-5-10-4-2-7(6)12-8/h6-7,9-10H,4-5,8,20H2,1-3H3,(H,22,24);4-7H2,1-3H3,(H,11,14);2,4-5H,1H2. The van der Waals surface area contributed by atoms with Gasteiger partial charge in [0, 0.05) is 61.2 Å². The Bertz CT molecular complexity index is 2070. The van der Waals surface area contributed by atoms with Gasteiger partial charge in [0.15, 0.2) is 0 Å². The molecule has 14 nitrogen and oxygen atoms in total. The van der Waals surface area contributed by atoms with Gasteiger partial charge in [-0.05, 0) is 72.1 Å². The van der Waals surface area contributed by atoms with Crippen LogP contribution in [0.5, 0.6) is 0 Å². The van der Waals surface area contributed by atoms with Crippen LogP contribution >= 0.6 is 34.0 Å². The lowest BCUT2D eigenvalue weighted by Gasteiger charge is -2.28. The number of hydrazine groups is 1. The van der Waals surface area contributed by atoms with Crippen LogP contribution < -0.4 is 16.5 Å². The highest BCUT2D eigenvalue weighted by Gasteiger charge is 2.29. The second-order valence-corrected chi connectivity index (χ2v) is 17.9. The van der Waals surface area contributed by atoms with Crippen LogP contribution in [-0.4, -0.2) is 73.2 Å².